The highest BCUT2D eigenvalue weighted by Gasteiger charge is 2.33. The van der Waals surface area contributed by atoms with Gasteiger partial charge in [0.25, 0.3) is 5.91 Å². The molecule has 1 saturated heterocycles. The molecule has 3 aromatic rings. The zero-order chi connectivity index (χ0) is 21.4. The molecule has 0 unspecified atom stereocenters. The Morgan fingerprint density at radius 1 is 0.903 bits per heavy atom. The monoisotopic (exact) mass is 476 g/mol. The number of hydrogen-bond donors (Lipinski definition) is 0. The number of hydrogen-bond acceptors (Lipinski definition) is 2. The minimum Gasteiger partial charge on any atom is -0.339 e. The fraction of sp³-hybridized carbons (Fsp3) is 0.308. The minimum atomic E-state index is -0.0221. The number of carbonyl (C=O) groups excluding carboxylic acids is 2. The first-order chi connectivity index (χ1) is 15.1. The maximum absolute atomic E-state index is 13.3. The average molecular weight is 477 g/mol. The fourth-order valence-corrected chi connectivity index (χ4v) is 5.34. The third-order valence-corrected chi connectivity index (χ3v) is 7.07. The largest absolute Gasteiger partial charge is 0.339 e. The van der Waals surface area contributed by atoms with Gasteiger partial charge in [0, 0.05) is 41.3 Å². The van der Waals surface area contributed by atoms with Gasteiger partial charge in [-0.2, -0.15) is 0 Å². The molecule has 5 heteroatoms. The van der Waals surface area contributed by atoms with E-state index in [2.05, 4.69) is 28.1 Å². The second kappa shape index (κ2) is 8.46. The first-order valence-electron chi connectivity index (χ1n) is 11.0. The molecule has 5 rings (SSSR count). The normalized spacial score (nSPS) is 16.9. The van der Waals surface area contributed by atoms with Gasteiger partial charge in [-0.3, -0.25) is 9.59 Å². The van der Waals surface area contributed by atoms with Crippen LogP contribution in [0.4, 0.5) is 5.69 Å². The van der Waals surface area contributed by atoms with Crippen LogP contribution in [0, 0.1) is 5.92 Å². The quantitative estimate of drug-likeness (QED) is 0.494. The minimum absolute atomic E-state index is 0.0221. The van der Waals surface area contributed by atoms with E-state index in [4.69, 9.17) is 0 Å². The maximum Gasteiger partial charge on any atom is 0.254 e. The third kappa shape index (κ3) is 3.87. The Labute approximate surface area is 191 Å². The SMILES string of the molecule is O=C(c1cccc2ccccc12)N1CCC(C(=O)N2CCCc3cc(Br)ccc32)CC1. The number of aryl methyl sites for hydroxylation is 1. The lowest BCUT2D eigenvalue weighted by Gasteiger charge is -2.36. The molecule has 2 aliphatic rings. The Bertz CT molecular complexity index is 1150. The lowest BCUT2D eigenvalue weighted by molar-refractivity contribution is -0.123. The number of rotatable bonds is 2. The Morgan fingerprint density at radius 2 is 1.68 bits per heavy atom. The van der Waals surface area contributed by atoms with Gasteiger partial charge in [0.2, 0.25) is 5.91 Å². The van der Waals surface area contributed by atoms with Crippen LogP contribution in [-0.2, 0) is 11.2 Å². The molecule has 2 aliphatic heterocycles. The van der Waals surface area contributed by atoms with Crippen LogP contribution >= 0.6 is 15.9 Å². The van der Waals surface area contributed by atoms with Crippen molar-refractivity contribution in [2.45, 2.75) is 25.7 Å². The zero-order valence-corrected chi connectivity index (χ0v) is 19.0. The summed E-state index contributed by atoms with van der Waals surface area (Å²) in [5.74, 6) is 0.252. The van der Waals surface area contributed by atoms with Crippen molar-refractivity contribution in [3.05, 3.63) is 76.3 Å². The van der Waals surface area contributed by atoms with E-state index in [1.165, 1.54) is 5.56 Å². The highest BCUT2D eigenvalue weighted by atomic mass is 79.9. The molecular weight excluding hydrogens is 452 g/mol. The van der Waals surface area contributed by atoms with E-state index in [1.807, 2.05) is 58.3 Å². The van der Waals surface area contributed by atoms with Crippen molar-refractivity contribution in [2.24, 2.45) is 5.92 Å². The number of carbonyl (C=O) groups is 2. The van der Waals surface area contributed by atoms with Gasteiger partial charge in [0.1, 0.15) is 0 Å². The van der Waals surface area contributed by atoms with Crippen molar-refractivity contribution < 1.29 is 9.59 Å². The molecule has 31 heavy (non-hydrogen) atoms. The van der Waals surface area contributed by atoms with Crippen LogP contribution in [-0.4, -0.2) is 36.3 Å². The van der Waals surface area contributed by atoms with E-state index in [9.17, 15) is 9.59 Å². The number of piperidine rings is 1. The molecule has 1 fully saturated rings. The highest BCUT2D eigenvalue weighted by molar-refractivity contribution is 9.10. The molecule has 3 aromatic carbocycles. The van der Waals surface area contributed by atoms with Gasteiger partial charge in [-0.15, -0.1) is 0 Å². The van der Waals surface area contributed by atoms with Gasteiger partial charge in [0.15, 0.2) is 0 Å². The average Bonchev–Trinajstić information content (AvgIpc) is 2.82. The summed E-state index contributed by atoms with van der Waals surface area (Å²) < 4.78 is 1.06. The predicted octanol–water partition coefficient (Wildman–Crippen LogP) is 5.43. The molecule has 0 N–H and O–H groups in total. The van der Waals surface area contributed by atoms with Crippen molar-refractivity contribution in [2.75, 3.05) is 24.5 Å². The Kier molecular flexibility index (Phi) is 5.53. The molecule has 2 heterocycles. The fourth-order valence-electron chi connectivity index (χ4n) is 4.93. The second-order valence-electron chi connectivity index (χ2n) is 8.46. The van der Waals surface area contributed by atoms with Gasteiger partial charge < -0.3 is 9.80 Å². The van der Waals surface area contributed by atoms with Crippen molar-refractivity contribution in [3.63, 3.8) is 0 Å². The number of likely N-dealkylation sites (tertiary alicyclic amines) is 1. The second-order valence-corrected chi connectivity index (χ2v) is 9.38. The summed E-state index contributed by atoms with van der Waals surface area (Å²) in [5.41, 5.74) is 3.03. The van der Waals surface area contributed by atoms with Gasteiger partial charge in [0.05, 0.1) is 0 Å². The molecule has 0 spiro atoms. The third-order valence-electron chi connectivity index (χ3n) is 6.58. The van der Waals surface area contributed by atoms with Gasteiger partial charge >= 0.3 is 0 Å². The van der Waals surface area contributed by atoms with E-state index in [0.717, 1.165) is 58.7 Å². The highest BCUT2D eigenvalue weighted by Crippen LogP contribution is 2.32. The molecule has 4 nitrogen and oxygen atoms in total. The van der Waals surface area contributed by atoms with Crippen molar-refractivity contribution >= 4 is 44.2 Å². The summed E-state index contributed by atoms with van der Waals surface area (Å²) in [7, 11) is 0. The molecule has 0 aliphatic carbocycles. The Morgan fingerprint density at radius 3 is 2.52 bits per heavy atom. The lowest BCUT2D eigenvalue weighted by atomic mass is 9.92. The van der Waals surface area contributed by atoms with E-state index in [0.29, 0.717) is 13.1 Å². The molecule has 158 valence electrons. The Hall–Kier alpha value is -2.66. The smallest absolute Gasteiger partial charge is 0.254 e. The maximum atomic E-state index is 13.3. The molecule has 0 bridgehead atoms. The first kappa shape index (κ1) is 20.3. The standard InChI is InChI=1S/C26H25BrN2O2/c27-21-10-11-24-20(17-21)7-4-14-29(24)25(30)19-12-15-28(16-13-19)26(31)23-9-3-6-18-5-1-2-8-22(18)23/h1-3,5-6,8-11,17,19H,4,7,12-16H2. The van der Waals surface area contributed by atoms with E-state index < -0.39 is 0 Å². The summed E-state index contributed by atoms with van der Waals surface area (Å²) in [4.78, 5) is 30.4. The van der Waals surface area contributed by atoms with Crippen LogP contribution in [0.25, 0.3) is 10.8 Å². The molecular formula is C26H25BrN2O2. The summed E-state index contributed by atoms with van der Waals surface area (Å²) in [6, 6.07) is 20.1. The zero-order valence-electron chi connectivity index (χ0n) is 17.4. The van der Waals surface area contributed by atoms with Gasteiger partial charge in [-0.1, -0.05) is 52.3 Å². The van der Waals surface area contributed by atoms with Crippen LogP contribution in [0.15, 0.2) is 65.1 Å². The molecule has 0 saturated carbocycles. The van der Waals surface area contributed by atoms with Crippen LogP contribution in [0.3, 0.4) is 0 Å². The molecule has 2 amide bonds. The number of benzene rings is 3. The topological polar surface area (TPSA) is 40.6 Å². The van der Waals surface area contributed by atoms with Crippen molar-refractivity contribution in [1.29, 1.82) is 0 Å². The predicted molar refractivity (Wildman–Crippen MR) is 127 cm³/mol. The number of halogens is 1. The molecule has 0 radical (unpaired) electrons. The van der Waals surface area contributed by atoms with Crippen molar-refractivity contribution in [3.8, 4) is 0 Å². The van der Waals surface area contributed by atoms with E-state index in [1.54, 1.807) is 0 Å². The summed E-state index contributed by atoms with van der Waals surface area (Å²) >= 11 is 3.54. The summed E-state index contributed by atoms with van der Waals surface area (Å²) in [5, 5.41) is 2.07. The van der Waals surface area contributed by atoms with Crippen LogP contribution < -0.4 is 4.90 Å². The number of fused-ring (bicyclic) bond motifs is 2. The molecule has 0 aromatic heterocycles. The Balaban J connectivity index is 1.29. The lowest BCUT2D eigenvalue weighted by Crippen LogP contribution is -2.45. The summed E-state index contributed by atoms with van der Waals surface area (Å²) in [6.07, 6.45) is 3.44. The van der Waals surface area contributed by atoms with Crippen LogP contribution in [0.1, 0.15) is 35.2 Å². The van der Waals surface area contributed by atoms with Gasteiger partial charge in [-0.25, -0.2) is 0 Å². The first-order valence-corrected chi connectivity index (χ1v) is 11.8. The molecule has 0 atom stereocenters. The van der Waals surface area contributed by atoms with E-state index in [-0.39, 0.29) is 17.7 Å². The van der Waals surface area contributed by atoms with Crippen LogP contribution in [0.2, 0.25) is 0 Å². The number of anilines is 1. The van der Waals surface area contributed by atoms with Crippen molar-refractivity contribution in [1.82, 2.24) is 4.90 Å². The van der Waals surface area contributed by atoms with Gasteiger partial charge in [-0.05, 0) is 66.3 Å². The van der Waals surface area contributed by atoms with Crippen LogP contribution in [0.5, 0.6) is 0 Å². The summed E-state index contributed by atoms with van der Waals surface area (Å²) in [6.45, 7) is 2.03. The van der Waals surface area contributed by atoms with E-state index >= 15 is 0 Å². The number of nitrogens with zero attached hydrogens (tertiary/aromatic N) is 2. The number of amides is 2.